The zero-order valence-electron chi connectivity index (χ0n) is 38.3. The maximum atomic E-state index is 6.75. The minimum absolute atomic E-state index is 0.0400. The molecule has 3 heterocycles. The van der Waals surface area contributed by atoms with Crippen LogP contribution < -0.4 is 26.2 Å². The summed E-state index contributed by atoms with van der Waals surface area (Å²) in [5.41, 5.74) is 25.2. The van der Waals surface area contributed by atoms with Crippen molar-refractivity contribution >= 4 is 79.2 Å². The van der Waals surface area contributed by atoms with Gasteiger partial charge in [-0.3, -0.25) is 0 Å². The first-order valence-electron chi connectivity index (χ1n) is 22.7. The number of furan rings is 1. The first-order valence-corrected chi connectivity index (χ1v) is 22.7. The summed E-state index contributed by atoms with van der Waals surface area (Å²) < 4.78 is 6.75. The summed E-state index contributed by atoms with van der Waals surface area (Å²) in [4.78, 5) is 5.24. The molecule has 3 aliphatic rings. The maximum absolute atomic E-state index is 6.75. The molecule has 1 aromatic heterocycles. The average Bonchev–Trinajstić information content (AvgIpc) is 3.59. The molecule has 0 saturated heterocycles. The lowest BCUT2D eigenvalue weighted by atomic mass is 9.33. The Morgan fingerprint density at radius 3 is 1.81 bits per heavy atom. The topological polar surface area (TPSA) is 19.6 Å². The molecule has 2 aliphatic heterocycles. The third-order valence-electron chi connectivity index (χ3n) is 15.0. The number of fused-ring (bicyclic) bond motifs is 8. The van der Waals surface area contributed by atoms with Gasteiger partial charge in [0.25, 0.3) is 6.71 Å². The van der Waals surface area contributed by atoms with Gasteiger partial charge in [0.15, 0.2) is 0 Å². The van der Waals surface area contributed by atoms with Gasteiger partial charge >= 0.3 is 0 Å². The summed E-state index contributed by atoms with van der Waals surface area (Å²) in [5, 5.41) is 2.29. The van der Waals surface area contributed by atoms with E-state index in [1.807, 2.05) is 0 Å². The number of anilines is 6. The molecule has 3 nitrogen and oxygen atoms in total. The summed E-state index contributed by atoms with van der Waals surface area (Å²) >= 11 is 0. The van der Waals surface area contributed by atoms with Gasteiger partial charge in [0, 0.05) is 44.9 Å². The Bertz CT molecular complexity index is 3170. The number of benzene rings is 7. The number of hydrogen-bond donors (Lipinski definition) is 0. The van der Waals surface area contributed by atoms with Gasteiger partial charge in [-0.05, 0) is 172 Å². The zero-order chi connectivity index (χ0) is 43.2. The van der Waals surface area contributed by atoms with Crippen LogP contribution in [0.25, 0.3) is 33.1 Å². The Kier molecular flexibility index (Phi) is 8.32. The van der Waals surface area contributed by atoms with Gasteiger partial charge in [0.2, 0.25) is 0 Å². The Morgan fingerprint density at radius 2 is 1.11 bits per heavy atom. The predicted octanol–water partition coefficient (Wildman–Crippen LogP) is 14.2. The van der Waals surface area contributed by atoms with Crippen LogP contribution in [0.1, 0.15) is 100 Å². The standard InChI is InChI=1S/C58H57BN2O/c1-34-17-12-14-21-46(34)60-49-31-41-40-20-13-15-22-52(40)62-53(41)33-45(49)59-44-30-39(56(5,6)7)23-24-47(44)61(48-32-43-42(27-37(48)4)57(8,9)25-26-58(43,10)11)51-29-38(28-50(60)55(51)59)54-35(2)18-16-19-36(54)3/h12-24,27-33H,25-26H2,1-11H3. The van der Waals surface area contributed by atoms with E-state index in [1.165, 1.54) is 113 Å². The van der Waals surface area contributed by atoms with Crippen LogP contribution in [0.3, 0.4) is 0 Å². The normalized spacial score (nSPS) is 16.0. The van der Waals surface area contributed by atoms with Crippen molar-refractivity contribution < 1.29 is 4.42 Å². The van der Waals surface area contributed by atoms with E-state index in [4.69, 9.17) is 4.42 Å². The highest BCUT2D eigenvalue weighted by molar-refractivity contribution is 7.00. The van der Waals surface area contributed by atoms with E-state index in [-0.39, 0.29) is 23.0 Å². The fourth-order valence-electron chi connectivity index (χ4n) is 11.4. The van der Waals surface area contributed by atoms with Gasteiger partial charge in [-0.1, -0.05) is 121 Å². The summed E-state index contributed by atoms with van der Waals surface area (Å²) in [6.45, 7) is 25.9. The second-order valence-corrected chi connectivity index (χ2v) is 21.1. The second kappa shape index (κ2) is 13.3. The van der Waals surface area contributed by atoms with Gasteiger partial charge in [0.1, 0.15) is 11.2 Å². The van der Waals surface area contributed by atoms with Crippen LogP contribution in [0.5, 0.6) is 0 Å². The summed E-state index contributed by atoms with van der Waals surface area (Å²) in [6, 6.07) is 46.5. The van der Waals surface area contributed by atoms with Crippen LogP contribution in [0, 0.1) is 27.7 Å². The number of aryl methyl sites for hydroxylation is 4. The third-order valence-corrected chi connectivity index (χ3v) is 15.0. The van der Waals surface area contributed by atoms with Gasteiger partial charge < -0.3 is 14.2 Å². The van der Waals surface area contributed by atoms with Crippen LogP contribution in [-0.4, -0.2) is 6.71 Å². The predicted molar refractivity (Wildman–Crippen MR) is 266 cm³/mol. The molecule has 0 radical (unpaired) electrons. The highest BCUT2D eigenvalue weighted by Gasteiger charge is 2.46. The molecule has 0 saturated carbocycles. The monoisotopic (exact) mass is 808 g/mol. The van der Waals surface area contributed by atoms with Crippen molar-refractivity contribution in [3.63, 3.8) is 0 Å². The summed E-state index contributed by atoms with van der Waals surface area (Å²) in [6.07, 6.45) is 2.35. The van der Waals surface area contributed by atoms with Crippen molar-refractivity contribution in [3.8, 4) is 11.1 Å². The molecule has 0 atom stereocenters. The SMILES string of the molecule is Cc1ccccc1N1c2cc3c(cc2B2c4cc(C(C)(C)C)ccc4N(c4cc5c(cc4C)C(C)(C)CCC5(C)C)c4cc(-c5c(C)cccc5C)cc1c42)oc1ccccc13. The maximum Gasteiger partial charge on any atom is 0.252 e. The van der Waals surface area contributed by atoms with Crippen molar-refractivity contribution in [2.45, 2.75) is 105 Å². The molecule has 0 amide bonds. The Balaban J connectivity index is 1.32. The molecule has 0 spiro atoms. The fourth-order valence-corrected chi connectivity index (χ4v) is 11.4. The largest absolute Gasteiger partial charge is 0.456 e. The molecular weight excluding hydrogens is 751 g/mol. The van der Waals surface area contributed by atoms with Gasteiger partial charge in [-0.2, -0.15) is 0 Å². The molecule has 0 bridgehead atoms. The molecule has 0 N–H and O–H groups in total. The van der Waals surface area contributed by atoms with Crippen LogP contribution >= 0.6 is 0 Å². The number of hydrogen-bond acceptors (Lipinski definition) is 3. The van der Waals surface area contributed by atoms with E-state index in [1.54, 1.807) is 0 Å². The molecular formula is C58H57BN2O. The third kappa shape index (κ3) is 5.64. The first-order chi connectivity index (χ1) is 29.5. The average molecular weight is 809 g/mol. The van der Waals surface area contributed by atoms with Gasteiger partial charge in [0.05, 0.1) is 0 Å². The molecule has 0 unspecified atom stereocenters. The minimum atomic E-state index is -0.0418. The molecule has 7 aromatic carbocycles. The van der Waals surface area contributed by atoms with E-state index in [2.05, 4.69) is 207 Å². The van der Waals surface area contributed by atoms with Crippen molar-refractivity contribution in [1.29, 1.82) is 0 Å². The summed E-state index contributed by atoms with van der Waals surface area (Å²) in [5.74, 6) is 0. The zero-order valence-corrected chi connectivity index (χ0v) is 38.3. The second-order valence-electron chi connectivity index (χ2n) is 21.1. The fraction of sp³-hybridized carbons (Fsp3) is 0.276. The molecule has 4 heteroatoms. The smallest absolute Gasteiger partial charge is 0.252 e. The lowest BCUT2D eigenvalue weighted by molar-refractivity contribution is 0.332. The van der Waals surface area contributed by atoms with Gasteiger partial charge in [-0.15, -0.1) is 0 Å². The van der Waals surface area contributed by atoms with E-state index in [0.717, 1.165) is 21.9 Å². The lowest BCUT2D eigenvalue weighted by Crippen LogP contribution is -2.61. The van der Waals surface area contributed by atoms with Crippen LogP contribution in [0.15, 0.2) is 126 Å². The van der Waals surface area contributed by atoms with Crippen LogP contribution in [0.2, 0.25) is 0 Å². The molecule has 62 heavy (non-hydrogen) atoms. The molecule has 308 valence electrons. The number of nitrogens with zero attached hydrogens (tertiary/aromatic N) is 2. The van der Waals surface area contributed by atoms with E-state index >= 15 is 0 Å². The molecule has 0 fully saturated rings. The Hall–Kier alpha value is -6.00. The number of para-hydroxylation sites is 2. The van der Waals surface area contributed by atoms with Crippen LogP contribution in [0.4, 0.5) is 34.1 Å². The van der Waals surface area contributed by atoms with Gasteiger partial charge in [-0.25, -0.2) is 0 Å². The van der Waals surface area contributed by atoms with Crippen molar-refractivity contribution in [2.24, 2.45) is 0 Å². The Morgan fingerprint density at radius 1 is 0.500 bits per heavy atom. The molecule has 8 aromatic rings. The highest BCUT2D eigenvalue weighted by atomic mass is 16.3. The molecule has 1 aliphatic carbocycles. The van der Waals surface area contributed by atoms with E-state index in [9.17, 15) is 0 Å². The first kappa shape index (κ1) is 38.9. The number of rotatable bonds is 3. The quantitative estimate of drug-likeness (QED) is 0.166. The van der Waals surface area contributed by atoms with Crippen molar-refractivity contribution in [2.75, 3.05) is 9.80 Å². The van der Waals surface area contributed by atoms with Crippen LogP contribution in [-0.2, 0) is 16.2 Å². The van der Waals surface area contributed by atoms with Crippen molar-refractivity contribution in [1.82, 2.24) is 0 Å². The highest BCUT2D eigenvalue weighted by Crippen LogP contribution is 2.52. The Labute approximate surface area is 368 Å². The molecule has 11 rings (SSSR count). The van der Waals surface area contributed by atoms with Crippen molar-refractivity contribution in [3.05, 3.63) is 160 Å². The minimum Gasteiger partial charge on any atom is -0.456 e. The summed E-state index contributed by atoms with van der Waals surface area (Å²) in [7, 11) is 0. The lowest BCUT2D eigenvalue weighted by Gasteiger charge is -2.46. The van der Waals surface area contributed by atoms with E-state index in [0.29, 0.717) is 0 Å². The van der Waals surface area contributed by atoms with E-state index < -0.39 is 0 Å².